The van der Waals surface area contributed by atoms with Crippen molar-refractivity contribution in [3.8, 4) is 0 Å². The van der Waals surface area contributed by atoms with Crippen molar-refractivity contribution in [1.29, 1.82) is 0 Å². The van der Waals surface area contributed by atoms with Gasteiger partial charge < -0.3 is 14.9 Å². The van der Waals surface area contributed by atoms with Gasteiger partial charge in [0.2, 0.25) is 0 Å². The number of ether oxygens (including phenoxy) is 1. The molecule has 0 aliphatic carbocycles. The Morgan fingerprint density at radius 2 is 1.83 bits per heavy atom. The van der Waals surface area contributed by atoms with Gasteiger partial charge in [0.05, 0.1) is 18.8 Å². The van der Waals surface area contributed by atoms with Crippen LogP contribution in [0.5, 0.6) is 0 Å². The summed E-state index contributed by atoms with van der Waals surface area (Å²) in [7, 11) is 0. The summed E-state index contributed by atoms with van der Waals surface area (Å²) in [6.45, 7) is 7.84. The molecule has 3 aromatic carbocycles. The topological polar surface area (TPSA) is 49.7 Å². The Labute approximate surface area is 176 Å². The summed E-state index contributed by atoms with van der Waals surface area (Å²) in [5.41, 5.74) is 3.07. The molecule has 0 radical (unpaired) electrons. The minimum Gasteiger partial charge on any atom is -0.394 e. The molecule has 3 nitrogen and oxygen atoms in total. The van der Waals surface area contributed by atoms with E-state index >= 15 is 0 Å². The second kappa shape index (κ2) is 8.80. The van der Waals surface area contributed by atoms with Gasteiger partial charge in [0.25, 0.3) is 0 Å². The molecular formula is C27H26O3. The Kier molecular flexibility index (Phi) is 5.96. The van der Waals surface area contributed by atoms with E-state index in [1.54, 1.807) is 6.08 Å². The number of aliphatic hydroxyl groups excluding tert-OH is 2. The second-order valence-electron chi connectivity index (χ2n) is 7.56. The van der Waals surface area contributed by atoms with Crippen LogP contribution in [0.1, 0.15) is 17.5 Å². The maximum absolute atomic E-state index is 10.4. The third kappa shape index (κ3) is 3.75. The molecule has 0 amide bonds. The largest absolute Gasteiger partial charge is 0.394 e. The van der Waals surface area contributed by atoms with E-state index in [1.807, 2.05) is 42.5 Å². The monoisotopic (exact) mass is 398 g/mol. The van der Waals surface area contributed by atoms with Crippen LogP contribution in [-0.4, -0.2) is 35.1 Å². The van der Waals surface area contributed by atoms with E-state index in [9.17, 15) is 10.2 Å². The zero-order chi connectivity index (χ0) is 21.1. The minimum atomic E-state index is -0.709. The highest BCUT2D eigenvalue weighted by atomic mass is 16.5. The molecule has 1 aliphatic heterocycles. The first-order chi connectivity index (χ1) is 14.6. The first-order valence-corrected chi connectivity index (χ1v) is 10.2. The van der Waals surface area contributed by atoms with Crippen LogP contribution in [0.2, 0.25) is 0 Å². The second-order valence-corrected chi connectivity index (χ2v) is 7.56. The number of allylic oxidation sites excluding steroid dienone is 2. The number of rotatable bonds is 5. The molecule has 1 fully saturated rings. The maximum atomic E-state index is 10.4. The van der Waals surface area contributed by atoms with Gasteiger partial charge in [-0.3, -0.25) is 0 Å². The number of fused-ring (bicyclic) bond motifs is 1. The molecule has 30 heavy (non-hydrogen) atoms. The van der Waals surface area contributed by atoms with E-state index < -0.39 is 12.2 Å². The lowest BCUT2D eigenvalue weighted by Gasteiger charge is -2.20. The molecule has 152 valence electrons. The van der Waals surface area contributed by atoms with Crippen LogP contribution >= 0.6 is 0 Å². The van der Waals surface area contributed by atoms with E-state index in [0.717, 1.165) is 37.9 Å². The number of hydrogen-bond acceptors (Lipinski definition) is 3. The third-order valence-electron chi connectivity index (χ3n) is 5.69. The molecule has 1 aliphatic rings. The Bertz CT molecular complexity index is 1210. The highest BCUT2D eigenvalue weighted by molar-refractivity contribution is 5.96. The van der Waals surface area contributed by atoms with Crippen molar-refractivity contribution in [2.75, 3.05) is 6.61 Å². The van der Waals surface area contributed by atoms with Gasteiger partial charge in [-0.15, -0.1) is 0 Å². The van der Waals surface area contributed by atoms with Crippen molar-refractivity contribution in [1.82, 2.24) is 0 Å². The van der Waals surface area contributed by atoms with E-state index in [-0.39, 0.29) is 12.7 Å². The molecule has 1 saturated heterocycles. The van der Waals surface area contributed by atoms with Crippen LogP contribution in [0, 0.1) is 0 Å². The summed E-state index contributed by atoms with van der Waals surface area (Å²) in [6, 6.07) is 20.4. The van der Waals surface area contributed by atoms with Crippen molar-refractivity contribution >= 4 is 29.0 Å². The molecule has 1 unspecified atom stereocenters. The summed E-state index contributed by atoms with van der Waals surface area (Å²) >= 11 is 0. The first kappa shape index (κ1) is 20.3. The van der Waals surface area contributed by atoms with Crippen LogP contribution < -0.4 is 10.4 Å². The van der Waals surface area contributed by atoms with E-state index in [2.05, 4.69) is 43.5 Å². The van der Waals surface area contributed by atoms with Gasteiger partial charge in [-0.05, 0) is 37.9 Å². The average Bonchev–Trinajstić information content (AvgIpc) is 3.14. The van der Waals surface area contributed by atoms with E-state index in [1.165, 1.54) is 0 Å². The van der Waals surface area contributed by atoms with Crippen molar-refractivity contribution < 1.29 is 14.9 Å². The normalized spacial score (nSPS) is 22.5. The van der Waals surface area contributed by atoms with Crippen molar-refractivity contribution in [3.05, 3.63) is 101 Å². The van der Waals surface area contributed by atoms with Gasteiger partial charge in [-0.25, -0.2) is 0 Å². The van der Waals surface area contributed by atoms with Gasteiger partial charge >= 0.3 is 0 Å². The molecule has 0 saturated carbocycles. The maximum Gasteiger partial charge on any atom is 0.107 e. The van der Waals surface area contributed by atoms with Crippen LogP contribution in [0.3, 0.4) is 0 Å². The van der Waals surface area contributed by atoms with E-state index in [0.29, 0.717) is 6.42 Å². The molecule has 3 atom stereocenters. The Hall–Kier alpha value is -2.98. The molecule has 1 heterocycles. The first-order valence-electron chi connectivity index (χ1n) is 10.2. The highest BCUT2D eigenvalue weighted by Crippen LogP contribution is 2.34. The summed E-state index contributed by atoms with van der Waals surface area (Å²) in [5.74, 6) is 0. The average molecular weight is 399 g/mol. The minimum absolute atomic E-state index is 0.210. The van der Waals surface area contributed by atoms with Gasteiger partial charge in [0.15, 0.2) is 0 Å². The van der Waals surface area contributed by atoms with E-state index in [4.69, 9.17) is 4.74 Å². The Morgan fingerprint density at radius 3 is 2.57 bits per heavy atom. The molecule has 0 spiro atoms. The van der Waals surface area contributed by atoms with Gasteiger partial charge in [-0.1, -0.05) is 92.0 Å². The molecule has 4 rings (SSSR count). The lowest BCUT2D eigenvalue weighted by molar-refractivity contribution is -0.00868. The number of hydrogen-bond donors (Lipinski definition) is 2. The zero-order valence-corrected chi connectivity index (χ0v) is 16.9. The fourth-order valence-electron chi connectivity index (χ4n) is 4.23. The van der Waals surface area contributed by atoms with Gasteiger partial charge in [0.1, 0.15) is 6.10 Å². The molecule has 0 aromatic heterocycles. The van der Waals surface area contributed by atoms with Crippen LogP contribution in [0.15, 0.2) is 79.4 Å². The van der Waals surface area contributed by atoms with Gasteiger partial charge in [-0.2, -0.15) is 0 Å². The standard InChI is InChI=1S/C27H26O3/c1-3-4-11-22-21-13-8-6-10-19(21)14-15-23(22)27(20-12-7-5-9-18(20)2)25-16-24(29)26(17-28)30-25/h3-15,24-26,28-29H,1-2,16-17H2/b11-4-,27-20+/t24?,25-,26-/m1/s1. The fourth-order valence-corrected chi connectivity index (χ4v) is 4.23. The molecular weight excluding hydrogens is 372 g/mol. The quantitative estimate of drug-likeness (QED) is 0.649. The van der Waals surface area contributed by atoms with Crippen LogP contribution in [0.4, 0.5) is 0 Å². The van der Waals surface area contributed by atoms with Crippen molar-refractivity contribution in [2.45, 2.75) is 24.7 Å². The summed E-state index contributed by atoms with van der Waals surface area (Å²) in [5, 5.41) is 24.2. The van der Waals surface area contributed by atoms with Crippen molar-refractivity contribution in [3.63, 3.8) is 0 Å². The van der Waals surface area contributed by atoms with Gasteiger partial charge in [0, 0.05) is 6.42 Å². The predicted molar refractivity (Wildman–Crippen MR) is 123 cm³/mol. The molecule has 2 N–H and O–H groups in total. The van der Waals surface area contributed by atoms with Crippen molar-refractivity contribution in [2.24, 2.45) is 0 Å². The molecule has 3 aromatic rings. The lowest BCUT2D eigenvalue weighted by Crippen LogP contribution is -2.31. The lowest BCUT2D eigenvalue weighted by atomic mass is 9.88. The summed E-state index contributed by atoms with van der Waals surface area (Å²) in [4.78, 5) is 0. The summed E-state index contributed by atoms with van der Waals surface area (Å²) < 4.78 is 6.11. The zero-order valence-electron chi connectivity index (χ0n) is 16.9. The summed E-state index contributed by atoms with van der Waals surface area (Å²) in [6.07, 6.45) is 4.53. The Morgan fingerprint density at radius 1 is 1.07 bits per heavy atom. The molecule has 0 bridgehead atoms. The third-order valence-corrected chi connectivity index (χ3v) is 5.69. The smallest absolute Gasteiger partial charge is 0.107 e. The number of benzene rings is 3. The SMILES string of the molecule is C=C/C=C\c1c(/C(=c2/ccccc2=C)[C@H]2CC(O)[C@@H](CO)O2)ccc2ccccc12. The Balaban J connectivity index is 2.05. The number of aliphatic hydroxyl groups is 2. The van der Waals surface area contributed by atoms with Crippen LogP contribution in [-0.2, 0) is 4.74 Å². The predicted octanol–water partition coefficient (Wildman–Crippen LogP) is 3.16. The molecule has 3 heteroatoms. The highest BCUT2D eigenvalue weighted by Gasteiger charge is 2.36. The fraction of sp³-hybridized carbons (Fsp3) is 0.185. The van der Waals surface area contributed by atoms with Crippen LogP contribution in [0.25, 0.3) is 29.0 Å².